The van der Waals surface area contributed by atoms with E-state index in [1.807, 2.05) is 38.4 Å². The third kappa shape index (κ3) is 2.70. The van der Waals surface area contributed by atoms with Crippen LogP contribution < -0.4 is 5.32 Å². The SMILES string of the molecule is CNC(c1ccc(F)c(C)c1)C1CCCc2cccnc21. The normalized spacial score (nSPS) is 19.1. The highest BCUT2D eigenvalue weighted by Gasteiger charge is 2.29. The molecule has 2 atom stereocenters. The van der Waals surface area contributed by atoms with Crippen LogP contribution in [0.15, 0.2) is 36.5 Å². The molecule has 0 aliphatic heterocycles. The predicted octanol–water partition coefficient (Wildman–Crippen LogP) is 3.91. The van der Waals surface area contributed by atoms with Crippen LogP contribution in [0.5, 0.6) is 0 Å². The van der Waals surface area contributed by atoms with Crippen molar-refractivity contribution in [3.05, 3.63) is 64.7 Å². The Morgan fingerprint density at radius 1 is 1.33 bits per heavy atom. The molecule has 0 spiro atoms. The highest BCUT2D eigenvalue weighted by molar-refractivity contribution is 5.33. The minimum atomic E-state index is -0.143. The van der Waals surface area contributed by atoms with Crippen molar-refractivity contribution in [2.75, 3.05) is 7.05 Å². The molecule has 2 nitrogen and oxygen atoms in total. The van der Waals surface area contributed by atoms with E-state index >= 15 is 0 Å². The number of nitrogens with one attached hydrogen (secondary N) is 1. The lowest BCUT2D eigenvalue weighted by Gasteiger charge is -2.31. The van der Waals surface area contributed by atoms with Crippen LogP contribution in [-0.4, -0.2) is 12.0 Å². The Kier molecular flexibility index (Phi) is 4.02. The van der Waals surface area contributed by atoms with Crippen LogP contribution in [0.1, 0.15) is 47.2 Å². The van der Waals surface area contributed by atoms with Gasteiger partial charge in [0, 0.05) is 23.9 Å². The topological polar surface area (TPSA) is 24.9 Å². The Morgan fingerprint density at radius 2 is 2.19 bits per heavy atom. The number of hydrogen-bond acceptors (Lipinski definition) is 2. The van der Waals surface area contributed by atoms with Crippen LogP contribution in [0, 0.1) is 12.7 Å². The molecule has 0 saturated heterocycles. The monoisotopic (exact) mass is 284 g/mol. The summed E-state index contributed by atoms with van der Waals surface area (Å²) in [4.78, 5) is 4.62. The average Bonchev–Trinajstić information content (AvgIpc) is 2.52. The Hall–Kier alpha value is -1.74. The number of rotatable bonds is 3. The van der Waals surface area contributed by atoms with Crippen LogP contribution in [0.3, 0.4) is 0 Å². The van der Waals surface area contributed by atoms with Gasteiger partial charge in [-0.05, 0) is 62.1 Å². The molecular formula is C18H21FN2. The van der Waals surface area contributed by atoms with E-state index in [4.69, 9.17) is 0 Å². The highest BCUT2D eigenvalue weighted by Crippen LogP contribution is 2.39. The van der Waals surface area contributed by atoms with Crippen LogP contribution >= 0.6 is 0 Å². The largest absolute Gasteiger partial charge is 0.312 e. The van der Waals surface area contributed by atoms with E-state index in [0.29, 0.717) is 11.5 Å². The third-order valence-electron chi connectivity index (χ3n) is 4.49. The Morgan fingerprint density at radius 3 is 2.95 bits per heavy atom. The van der Waals surface area contributed by atoms with Crippen molar-refractivity contribution < 1.29 is 4.39 Å². The van der Waals surface area contributed by atoms with Gasteiger partial charge in [-0.25, -0.2) is 4.39 Å². The number of aromatic nitrogens is 1. The fraction of sp³-hybridized carbons (Fsp3) is 0.389. The smallest absolute Gasteiger partial charge is 0.126 e. The van der Waals surface area contributed by atoms with Gasteiger partial charge in [-0.15, -0.1) is 0 Å². The Labute approximate surface area is 125 Å². The molecule has 0 radical (unpaired) electrons. The summed E-state index contributed by atoms with van der Waals surface area (Å²) in [6.07, 6.45) is 5.28. The second-order valence-corrected chi connectivity index (χ2v) is 5.82. The number of likely N-dealkylation sites (N-methyl/N-ethyl adjacent to an activating group) is 1. The molecule has 1 N–H and O–H groups in total. The number of aryl methyl sites for hydroxylation is 2. The first-order valence-corrected chi connectivity index (χ1v) is 7.58. The molecule has 3 rings (SSSR count). The minimum absolute atomic E-state index is 0.143. The maximum absolute atomic E-state index is 13.5. The van der Waals surface area contributed by atoms with E-state index in [-0.39, 0.29) is 11.9 Å². The standard InChI is InChI=1S/C18H21FN2/c1-12-11-14(8-9-16(12)19)17(20-2)15-7-3-5-13-6-4-10-21-18(13)15/h4,6,8-11,15,17,20H,3,5,7H2,1-2H3. The molecule has 1 aliphatic rings. The van der Waals surface area contributed by atoms with E-state index in [0.717, 1.165) is 18.4 Å². The number of fused-ring (bicyclic) bond motifs is 1. The van der Waals surface area contributed by atoms with E-state index in [2.05, 4.69) is 16.4 Å². The van der Waals surface area contributed by atoms with Gasteiger partial charge in [0.2, 0.25) is 0 Å². The van der Waals surface area contributed by atoms with Crippen molar-refractivity contribution in [2.45, 2.75) is 38.1 Å². The zero-order valence-electron chi connectivity index (χ0n) is 12.6. The maximum atomic E-state index is 13.5. The lowest BCUT2D eigenvalue weighted by molar-refractivity contribution is 0.415. The summed E-state index contributed by atoms with van der Waals surface area (Å²) in [6.45, 7) is 1.82. The van der Waals surface area contributed by atoms with Gasteiger partial charge in [0.25, 0.3) is 0 Å². The minimum Gasteiger partial charge on any atom is -0.312 e. The van der Waals surface area contributed by atoms with Crippen LogP contribution in [0.4, 0.5) is 4.39 Å². The van der Waals surface area contributed by atoms with Crippen LogP contribution in [0.25, 0.3) is 0 Å². The number of halogens is 1. The number of pyridine rings is 1. The molecule has 0 bridgehead atoms. The fourth-order valence-corrected chi connectivity index (χ4v) is 3.43. The van der Waals surface area contributed by atoms with Gasteiger partial charge in [-0.2, -0.15) is 0 Å². The van der Waals surface area contributed by atoms with Crippen molar-refractivity contribution in [1.82, 2.24) is 10.3 Å². The van der Waals surface area contributed by atoms with Crippen LogP contribution in [0.2, 0.25) is 0 Å². The van der Waals surface area contributed by atoms with E-state index in [1.54, 1.807) is 6.07 Å². The molecule has 21 heavy (non-hydrogen) atoms. The van der Waals surface area contributed by atoms with Crippen molar-refractivity contribution in [2.24, 2.45) is 0 Å². The first-order valence-electron chi connectivity index (χ1n) is 7.58. The molecule has 1 aliphatic carbocycles. The molecule has 0 saturated carbocycles. The first-order chi connectivity index (χ1) is 10.2. The van der Waals surface area contributed by atoms with Gasteiger partial charge in [-0.3, -0.25) is 4.98 Å². The quantitative estimate of drug-likeness (QED) is 0.924. The second kappa shape index (κ2) is 5.94. The molecular weight excluding hydrogens is 263 g/mol. The van der Waals surface area contributed by atoms with Gasteiger partial charge >= 0.3 is 0 Å². The molecule has 110 valence electrons. The van der Waals surface area contributed by atoms with E-state index in [9.17, 15) is 4.39 Å². The van der Waals surface area contributed by atoms with E-state index < -0.39 is 0 Å². The van der Waals surface area contributed by atoms with Crippen molar-refractivity contribution >= 4 is 0 Å². The molecule has 1 aromatic carbocycles. The number of nitrogens with zero attached hydrogens (tertiary/aromatic N) is 1. The highest BCUT2D eigenvalue weighted by atomic mass is 19.1. The van der Waals surface area contributed by atoms with Gasteiger partial charge in [-0.1, -0.05) is 18.2 Å². The summed E-state index contributed by atoms with van der Waals surface area (Å²) in [7, 11) is 1.97. The lowest BCUT2D eigenvalue weighted by atomic mass is 9.79. The fourth-order valence-electron chi connectivity index (χ4n) is 3.43. The molecule has 2 unspecified atom stereocenters. The Bertz CT molecular complexity index is 639. The molecule has 3 heteroatoms. The number of benzene rings is 1. The summed E-state index contributed by atoms with van der Waals surface area (Å²) >= 11 is 0. The Balaban J connectivity index is 1.99. The van der Waals surface area contributed by atoms with Gasteiger partial charge in [0.15, 0.2) is 0 Å². The molecule has 2 aromatic rings. The molecule has 1 aromatic heterocycles. The van der Waals surface area contributed by atoms with Gasteiger partial charge < -0.3 is 5.32 Å². The lowest BCUT2D eigenvalue weighted by Crippen LogP contribution is -2.27. The zero-order chi connectivity index (χ0) is 14.8. The predicted molar refractivity (Wildman–Crippen MR) is 82.9 cm³/mol. The van der Waals surface area contributed by atoms with Crippen molar-refractivity contribution in [3.8, 4) is 0 Å². The average molecular weight is 284 g/mol. The second-order valence-electron chi connectivity index (χ2n) is 5.82. The van der Waals surface area contributed by atoms with Crippen molar-refractivity contribution in [1.29, 1.82) is 0 Å². The maximum Gasteiger partial charge on any atom is 0.126 e. The number of hydrogen-bond donors (Lipinski definition) is 1. The van der Waals surface area contributed by atoms with Gasteiger partial charge in [0.05, 0.1) is 0 Å². The van der Waals surface area contributed by atoms with Crippen molar-refractivity contribution in [3.63, 3.8) is 0 Å². The van der Waals surface area contributed by atoms with Crippen LogP contribution in [-0.2, 0) is 6.42 Å². The molecule has 1 heterocycles. The molecule has 0 amide bonds. The van der Waals surface area contributed by atoms with Gasteiger partial charge in [0.1, 0.15) is 5.82 Å². The summed E-state index contributed by atoms with van der Waals surface area (Å²) < 4.78 is 13.5. The summed E-state index contributed by atoms with van der Waals surface area (Å²) in [5.74, 6) is 0.209. The summed E-state index contributed by atoms with van der Waals surface area (Å²) in [5, 5.41) is 3.41. The first kappa shape index (κ1) is 14.2. The summed E-state index contributed by atoms with van der Waals surface area (Å²) in [6, 6.07) is 9.78. The third-order valence-corrected chi connectivity index (χ3v) is 4.49. The zero-order valence-corrected chi connectivity index (χ0v) is 12.6. The summed E-state index contributed by atoms with van der Waals surface area (Å²) in [5.41, 5.74) is 4.39. The molecule has 0 fully saturated rings. The van der Waals surface area contributed by atoms with E-state index in [1.165, 1.54) is 17.7 Å².